The van der Waals surface area contributed by atoms with Crippen molar-refractivity contribution in [2.45, 2.75) is 5.51 Å². The summed E-state index contributed by atoms with van der Waals surface area (Å²) in [6.07, 6.45) is 1.62. The first kappa shape index (κ1) is 17.7. The summed E-state index contributed by atoms with van der Waals surface area (Å²) in [5, 5.41) is 0.442. The quantitative estimate of drug-likeness (QED) is 0.437. The van der Waals surface area contributed by atoms with Gasteiger partial charge in [-0.2, -0.15) is 21.6 Å². The van der Waals surface area contributed by atoms with Crippen molar-refractivity contribution >= 4 is 37.0 Å². The summed E-state index contributed by atoms with van der Waals surface area (Å²) in [6, 6.07) is 13.5. The van der Waals surface area contributed by atoms with E-state index in [4.69, 9.17) is 0 Å². The standard InChI is InChI=1S/C16H9BrF3NO3S/c17-13-8-14-11(7-15(13)24-25(22,23)16(18,19)20)6-12(9-21-14)10-4-2-1-3-5-10/h1-9H. The van der Waals surface area contributed by atoms with Crippen molar-refractivity contribution in [1.29, 1.82) is 0 Å². The fourth-order valence-electron chi connectivity index (χ4n) is 2.15. The highest BCUT2D eigenvalue weighted by Crippen LogP contribution is 2.35. The molecule has 3 aromatic rings. The highest BCUT2D eigenvalue weighted by Gasteiger charge is 2.48. The van der Waals surface area contributed by atoms with E-state index in [0.29, 0.717) is 10.9 Å². The zero-order valence-electron chi connectivity index (χ0n) is 12.3. The molecule has 0 saturated heterocycles. The van der Waals surface area contributed by atoms with Gasteiger partial charge in [0.2, 0.25) is 0 Å². The lowest BCUT2D eigenvalue weighted by atomic mass is 10.1. The number of pyridine rings is 1. The molecule has 0 aliphatic rings. The maximum atomic E-state index is 12.5. The summed E-state index contributed by atoms with van der Waals surface area (Å²) in [5.41, 5.74) is -3.43. The van der Waals surface area contributed by atoms with Crippen LogP contribution < -0.4 is 4.18 Å². The van der Waals surface area contributed by atoms with Gasteiger partial charge in [0.05, 0.1) is 9.99 Å². The molecule has 0 radical (unpaired) electrons. The monoisotopic (exact) mass is 431 g/mol. The van der Waals surface area contributed by atoms with Crippen LogP contribution in [0.4, 0.5) is 13.2 Å². The Morgan fingerprint density at radius 3 is 2.32 bits per heavy atom. The molecule has 9 heteroatoms. The van der Waals surface area contributed by atoms with Gasteiger partial charge in [0.15, 0.2) is 5.75 Å². The van der Waals surface area contributed by atoms with Crippen LogP contribution in [0, 0.1) is 0 Å². The Morgan fingerprint density at radius 1 is 1.00 bits per heavy atom. The molecule has 0 N–H and O–H groups in total. The van der Waals surface area contributed by atoms with Crippen molar-refractivity contribution in [1.82, 2.24) is 4.98 Å². The van der Waals surface area contributed by atoms with Crippen molar-refractivity contribution in [2.24, 2.45) is 0 Å². The predicted octanol–water partition coefficient (Wildman–Crippen LogP) is 4.89. The summed E-state index contributed by atoms with van der Waals surface area (Å²) in [7, 11) is -5.75. The van der Waals surface area contributed by atoms with Crippen LogP contribution in [0.1, 0.15) is 0 Å². The van der Waals surface area contributed by atoms with Crippen LogP contribution in [0.3, 0.4) is 0 Å². The normalized spacial score (nSPS) is 12.3. The van der Waals surface area contributed by atoms with Gasteiger partial charge in [0, 0.05) is 17.1 Å². The van der Waals surface area contributed by atoms with Crippen LogP contribution in [-0.2, 0) is 10.1 Å². The van der Waals surface area contributed by atoms with E-state index in [-0.39, 0.29) is 4.47 Å². The summed E-state index contributed by atoms with van der Waals surface area (Å²) in [5.74, 6) is -0.461. The van der Waals surface area contributed by atoms with Gasteiger partial charge in [0.1, 0.15) is 0 Å². The molecule has 1 aromatic heterocycles. The number of rotatable bonds is 3. The van der Waals surface area contributed by atoms with Gasteiger partial charge in [0.25, 0.3) is 0 Å². The van der Waals surface area contributed by atoms with Crippen LogP contribution in [0.5, 0.6) is 5.75 Å². The number of hydrogen-bond acceptors (Lipinski definition) is 4. The number of aromatic nitrogens is 1. The Hall–Kier alpha value is -2.13. The molecule has 0 amide bonds. The molecule has 25 heavy (non-hydrogen) atoms. The largest absolute Gasteiger partial charge is 0.534 e. The summed E-state index contributed by atoms with van der Waals surface area (Å²) < 4.78 is 64.2. The highest BCUT2D eigenvalue weighted by molar-refractivity contribution is 9.10. The molecule has 0 bridgehead atoms. The predicted molar refractivity (Wildman–Crippen MR) is 90.5 cm³/mol. The van der Waals surface area contributed by atoms with Crippen LogP contribution >= 0.6 is 15.9 Å². The lowest BCUT2D eigenvalue weighted by Gasteiger charge is -2.12. The van der Waals surface area contributed by atoms with Crippen molar-refractivity contribution in [3.63, 3.8) is 0 Å². The third-order valence-electron chi connectivity index (χ3n) is 3.33. The Morgan fingerprint density at radius 2 is 1.68 bits per heavy atom. The first-order chi connectivity index (χ1) is 11.7. The molecular formula is C16H9BrF3NO3S. The Kier molecular flexibility index (Phi) is 4.46. The number of benzene rings is 2. The average Bonchev–Trinajstić information content (AvgIpc) is 2.55. The smallest absolute Gasteiger partial charge is 0.375 e. The molecule has 0 unspecified atom stereocenters. The minimum absolute atomic E-state index is 0.0489. The molecule has 2 aromatic carbocycles. The number of halogens is 4. The van der Waals surface area contributed by atoms with Gasteiger partial charge in [-0.05, 0) is 39.7 Å². The Bertz CT molecular complexity index is 1040. The third kappa shape index (κ3) is 3.62. The maximum absolute atomic E-state index is 12.5. The SMILES string of the molecule is O=S(=O)(Oc1cc2cc(-c3ccccc3)cnc2cc1Br)C(F)(F)F. The Labute approximate surface area is 149 Å². The van der Waals surface area contributed by atoms with E-state index in [1.54, 1.807) is 12.3 Å². The lowest BCUT2D eigenvalue weighted by Crippen LogP contribution is -2.28. The van der Waals surface area contributed by atoms with Crippen LogP contribution in [0.15, 0.2) is 59.2 Å². The van der Waals surface area contributed by atoms with Crippen molar-refractivity contribution in [3.05, 3.63) is 59.2 Å². The lowest BCUT2D eigenvalue weighted by molar-refractivity contribution is -0.0500. The van der Waals surface area contributed by atoms with E-state index in [1.165, 1.54) is 12.1 Å². The summed E-state index contributed by atoms with van der Waals surface area (Å²) in [4.78, 5) is 4.25. The van der Waals surface area contributed by atoms with Crippen LogP contribution in [0.2, 0.25) is 0 Å². The van der Waals surface area contributed by atoms with E-state index in [1.807, 2.05) is 30.3 Å². The molecule has 0 saturated carbocycles. The van der Waals surface area contributed by atoms with Crippen LogP contribution in [0.25, 0.3) is 22.0 Å². The molecule has 0 spiro atoms. The first-order valence-corrected chi connectivity index (χ1v) is 9.03. The number of nitrogens with zero attached hydrogens (tertiary/aromatic N) is 1. The minimum atomic E-state index is -5.75. The zero-order valence-corrected chi connectivity index (χ0v) is 14.7. The molecular weight excluding hydrogens is 423 g/mol. The van der Waals surface area contributed by atoms with E-state index in [9.17, 15) is 21.6 Å². The average molecular weight is 432 g/mol. The van der Waals surface area contributed by atoms with Crippen molar-refractivity contribution in [3.8, 4) is 16.9 Å². The van der Waals surface area contributed by atoms with Crippen LogP contribution in [-0.4, -0.2) is 18.9 Å². The zero-order chi connectivity index (χ0) is 18.2. The highest BCUT2D eigenvalue weighted by atomic mass is 79.9. The van der Waals surface area contributed by atoms with E-state index in [2.05, 4.69) is 25.1 Å². The molecule has 3 rings (SSSR count). The second-order valence-electron chi connectivity index (χ2n) is 5.05. The number of fused-ring (bicyclic) bond motifs is 1. The van der Waals surface area contributed by atoms with Gasteiger partial charge in [-0.25, -0.2) is 0 Å². The fraction of sp³-hybridized carbons (Fsp3) is 0.0625. The van der Waals surface area contributed by atoms with E-state index >= 15 is 0 Å². The topological polar surface area (TPSA) is 56.3 Å². The van der Waals surface area contributed by atoms with E-state index in [0.717, 1.165) is 11.1 Å². The molecule has 130 valence electrons. The van der Waals surface area contributed by atoms with E-state index < -0.39 is 21.4 Å². The molecule has 0 atom stereocenters. The Balaban J connectivity index is 2.08. The molecule has 0 fully saturated rings. The maximum Gasteiger partial charge on any atom is 0.534 e. The van der Waals surface area contributed by atoms with Gasteiger partial charge in [-0.3, -0.25) is 4.98 Å². The number of hydrogen-bond donors (Lipinski definition) is 0. The molecule has 1 heterocycles. The minimum Gasteiger partial charge on any atom is -0.375 e. The number of alkyl halides is 3. The molecule has 4 nitrogen and oxygen atoms in total. The van der Waals surface area contributed by atoms with Gasteiger partial charge < -0.3 is 4.18 Å². The first-order valence-electron chi connectivity index (χ1n) is 6.83. The second-order valence-corrected chi connectivity index (χ2v) is 7.44. The fourth-order valence-corrected chi connectivity index (χ4v) is 3.14. The molecule has 0 aliphatic heterocycles. The van der Waals surface area contributed by atoms with Gasteiger partial charge >= 0.3 is 15.6 Å². The van der Waals surface area contributed by atoms with Gasteiger partial charge in [-0.15, -0.1) is 0 Å². The third-order valence-corrected chi connectivity index (χ3v) is 4.91. The van der Waals surface area contributed by atoms with Crippen molar-refractivity contribution in [2.75, 3.05) is 0 Å². The second kappa shape index (κ2) is 6.30. The van der Waals surface area contributed by atoms with Crippen molar-refractivity contribution < 1.29 is 25.8 Å². The summed E-state index contributed by atoms with van der Waals surface area (Å²) in [6.45, 7) is 0. The van der Waals surface area contributed by atoms with Gasteiger partial charge in [-0.1, -0.05) is 30.3 Å². The summed E-state index contributed by atoms with van der Waals surface area (Å²) >= 11 is 3.00. The molecule has 0 aliphatic carbocycles.